The number of morpholine rings is 1. The minimum Gasteiger partial charge on any atom is -0.452 e. The third-order valence-electron chi connectivity index (χ3n) is 4.40. The lowest BCUT2D eigenvalue weighted by Crippen LogP contribution is -2.41. The van der Waals surface area contributed by atoms with Crippen molar-refractivity contribution in [3.8, 4) is 0 Å². The van der Waals surface area contributed by atoms with Gasteiger partial charge in [0, 0.05) is 13.1 Å². The summed E-state index contributed by atoms with van der Waals surface area (Å²) in [5, 5.41) is 1.90. The van der Waals surface area contributed by atoms with Crippen LogP contribution in [0.1, 0.15) is 10.4 Å². The smallest absolute Gasteiger partial charge is 0.338 e. The van der Waals surface area contributed by atoms with Crippen LogP contribution in [0.4, 0.5) is 23.2 Å². The SMILES string of the molecule is O=C(COC(=O)c1ccc(F)c(S(=O)(=O)N2CCOCC2)c1)Nc1ccc(F)c(F)c1F. The molecular formula is C19H16F4N2O6S. The van der Waals surface area contributed by atoms with Crippen LogP contribution in [0.2, 0.25) is 0 Å². The summed E-state index contributed by atoms with van der Waals surface area (Å²) in [6.07, 6.45) is 0. The highest BCUT2D eigenvalue weighted by molar-refractivity contribution is 7.89. The fourth-order valence-corrected chi connectivity index (χ4v) is 4.28. The molecule has 0 aromatic heterocycles. The molecule has 8 nitrogen and oxygen atoms in total. The van der Waals surface area contributed by atoms with E-state index in [0.717, 1.165) is 28.6 Å². The molecule has 0 radical (unpaired) electrons. The lowest BCUT2D eigenvalue weighted by Gasteiger charge is -2.26. The van der Waals surface area contributed by atoms with E-state index in [1.165, 1.54) is 0 Å². The van der Waals surface area contributed by atoms with Crippen molar-refractivity contribution in [2.45, 2.75) is 4.90 Å². The molecule has 0 saturated carbocycles. The summed E-state index contributed by atoms with van der Waals surface area (Å²) in [6.45, 7) is -0.666. The second kappa shape index (κ2) is 9.63. The predicted molar refractivity (Wildman–Crippen MR) is 101 cm³/mol. The molecule has 2 aromatic rings. The molecule has 0 bridgehead atoms. The number of anilines is 1. The Bertz CT molecular complexity index is 1150. The van der Waals surface area contributed by atoms with Crippen molar-refractivity contribution >= 4 is 27.6 Å². The number of rotatable bonds is 6. The maximum atomic E-state index is 14.2. The zero-order valence-corrected chi connectivity index (χ0v) is 17.1. The van der Waals surface area contributed by atoms with Gasteiger partial charge in [-0.3, -0.25) is 4.79 Å². The van der Waals surface area contributed by atoms with Crippen LogP contribution < -0.4 is 5.32 Å². The molecule has 1 amide bonds. The van der Waals surface area contributed by atoms with Crippen molar-refractivity contribution in [1.82, 2.24) is 4.31 Å². The van der Waals surface area contributed by atoms with E-state index in [4.69, 9.17) is 9.47 Å². The number of nitrogens with zero attached hydrogens (tertiary/aromatic N) is 1. The van der Waals surface area contributed by atoms with Crippen LogP contribution in [0.3, 0.4) is 0 Å². The molecule has 2 aromatic carbocycles. The van der Waals surface area contributed by atoms with Crippen LogP contribution in [0.5, 0.6) is 0 Å². The summed E-state index contributed by atoms with van der Waals surface area (Å²) >= 11 is 0. The van der Waals surface area contributed by atoms with Gasteiger partial charge in [-0.15, -0.1) is 0 Å². The number of sulfonamides is 1. The van der Waals surface area contributed by atoms with Crippen molar-refractivity contribution in [2.24, 2.45) is 0 Å². The first-order valence-electron chi connectivity index (χ1n) is 9.09. The van der Waals surface area contributed by atoms with Gasteiger partial charge in [-0.2, -0.15) is 4.31 Å². The Morgan fingerprint density at radius 1 is 1.00 bits per heavy atom. The normalized spacial score (nSPS) is 14.8. The number of hydrogen-bond acceptors (Lipinski definition) is 6. The molecule has 1 aliphatic heterocycles. The zero-order valence-electron chi connectivity index (χ0n) is 16.2. The fraction of sp³-hybridized carbons (Fsp3) is 0.263. The van der Waals surface area contributed by atoms with Crippen molar-refractivity contribution in [2.75, 3.05) is 38.2 Å². The molecule has 0 unspecified atom stereocenters. The van der Waals surface area contributed by atoms with Gasteiger partial charge in [0.25, 0.3) is 5.91 Å². The van der Waals surface area contributed by atoms with Gasteiger partial charge in [-0.1, -0.05) is 0 Å². The third kappa shape index (κ3) is 5.06. The van der Waals surface area contributed by atoms with Gasteiger partial charge < -0.3 is 14.8 Å². The van der Waals surface area contributed by atoms with Gasteiger partial charge in [0.1, 0.15) is 10.7 Å². The van der Waals surface area contributed by atoms with E-state index in [9.17, 15) is 35.6 Å². The number of benzene rings is 2. The van der Waals surface area contributed by atoms with E-state index in [1.54, 1.807) is 0 Å². The standard InChI is InChI=1S/C19H16F4N2O6S/c20-12-2-1-11(9-15(12)32(28,29)25-5-7-30-8-6-25)19(27)31-10-16(26)24-14-4-3-13(21)17(22)18(14)23/h1-4,9H,5-8,10H2,(H,24,26). The van der Waals surface area contributed by atoms with Crippen molar-refractivity contribution < 1.29 is 45.0 Å². The molecule has 13 heteroatoms. The number of esters is 1. The minimum absolute atomic E-state index is 0.0111. The van der Waals surface area contributed by atoms with E-state index in [-0.39, 0.29) is 31.9 Å². The third-order valence-corrected chi connectivity index (χ3v) is 6.31. The number of ether oxygens (including phenoxy) is 2. The molecule has 0 atom stereocenters. The predicted octanol–water partition coefficient (Wildman–Crippen LogP) is 2.06. The molecule has 172 valence electrons. The zero-order chi connectivity index (χ0) is 23.5. The monoisotopic (exact) mass is 476 g/mol. The Labute approximate surface area is 179 Å². The summed E-state index contributed by atoms with van der Waals surface area (Å²) < 4.78 is 90.0. The van der Waals surface area contributed by atoms with E-state index >= 15 is 0 Å². The van der Waals surface area contributed by atoms with Crippen molar-refractivity contribution in [3.05, 3.63) is 59.2 Å². The Kier molecular flexibility index (Phi) is 7.11. The topological polar surface area (TPSA) is 102 Å². The average Bonchev–Trinajstić information content (AvgIpc) is 2.78. The molecule has 1 saturated heterocycles. The maximum Gasteiger partial charge on any atom is 0.338 e. The first kappa shape index (κ1) is 23.6. The highest BCUT2D eigenvalue weighted by atomic mass is 32.2. The van der Waals surface area contributed by atoms with Crippen LogP contribution in [0.25, 0.3) is 0 Å². The van der Waals surface area contributed by atoms with Crippen LogP contribution >= 0.6 is 0 Å². The summed E-state index contributed by atoms with van der Waals surface area (Å²) in [6, 6.07) is 3.87. The van der Waals surface area contributed by atoms with Crippen molar-refractivity contribution in [1.29, 1.82) is 0 Å². The number of amides is 1. The molecular weight excluding hydrogens is 460 g/mol. The summed E-state index contributed by atoms with van der Waals surface area (Å²) in [7, 11) is -4.25. The summed E-state index contributed by atoms with van der Waals surface area (Å²) in [5.74, 6) is -8.21. The van der Waals surface area contributed by atoms with Crippen molar-refractivity contribution in [3.63, 3.8) is 0 Å². The summed E-state index contributed by atoms with van der Waals surface area (Å²) in [4.78, 5) is 23.3. The van der Waals surface area contributed by atoms with Crippen LogP contribution in [-0.2, 0) is 24.3 Å². The molecule has 1 fully saturated rings. The highest BCUT2D eigenvalue weighted by Crippen LogP contribution is 2.23. The van der Waals surface area contributed by atoms with Gasteiger partial charge >= 0.3 is 5.97 Å². The maximum absolute atomic E-state index is 14.2. The second-order valence-electron chi connectivity index (χ2n) is 6.51. The highest BCUT2D eigenvalue weighted by Gasteiger charge is 2.30. The Balaban J connectivity index is 1.68. The molecule has 1 aliphatic rings. The van der Waals surface area contributed by atoms with Crippen LogP contribution in [-0.4, -0.2) is 57.5 Å². The lowest BCUT2D eigenvalue weighted by atomic mass is 10.2. The van der Waals surface area contributed by atoms with Crippen LogP contribution in [0, 0.1) is 23.3 Å². The van der Waals surface area contributed by atoms with Gasteiger partial charge in [-0.25, -0.2) is 30.8 Å². The number of carbonyl (C=O) groups excluding carboxylic acids is 2. The molecule has 32 heavy (non-hydrogen) atoms. The number of nitrogens with one attached hydrogen (secondary N) is 1. The number of halogens is 4. The number of hydrogen-bond donors (Lipinski definition) is 1. The Hall–Kier alpha value is -3.03. The average molecular weight is 476 g/mol. The lowest BCUT2D eigenvalue weighted by molar-refractivity contribution is -0.119. The quantitative estimate of drug-likeness (QED) is 0.389. The van der Waals surface area contributed by atoms with Gasteiger partial charge in [0.15, 0.2) is 24.1 Å². The van der Waals surface area contributed by atoms with Crippen LogP contribution in [0.15, 0.2) is 35.2 Å². The Morgan fingerprint density at radius 2 is 1.66 bits per heavy atom. The summed E-state index contributed by atoms with van der Waals surface area (Å²) in [5.41, 5.74) is -1.03. The number of carbonyl (C=O) groups is 2. The second-order valence-corrected chi connectivity index (χ2v) is 8.42. The molecule has 0 aliphatic carbocycles. The van der Waals surface area contributed by atoms with Gasteiger partial charge in [0.05, 0.1) is 24.5 Å². The van der Waals surface area contributed by atoms with Gasteiger partial charge in [0.2, 0.25) is 10.0 Å². The molecule has 1 heterocycles. The first-order valence-corrected chi connectivity index (χ1v) is 10.5. The minimum atomic E-state index is -4.25. The largest absolute Gasteiger partial charge is 0.452 e. The first-order chi connectivity index (χ1) is 15.1. The molecule has 1 N–H and O–H groups in total. The molecule has 0 spiro atoms. The Morgan fingerprint density at radius 3 is 2.34 bits per heavy atom. The van der Waals surface area contributed by atoms with E-state index in [1.807, 2.05) is 5.32 Å². The fourth-order valence-electron chi connectivity index (χ4n) is 2.78. The van der Waals surface area contributed by atoms with E-state index < -0.39 is 62.4 Å². The molecule has 3 rings (SSSR count). The van der Waals surface area contributed by atoms with E-state index in [2.05, 4.69) is 0 Å². The van der Waals surface area contributed by atoms with Gasteiger partial charge in [-0.05, 0) is 30.3 Å². The van der Waals surface area contributed by atoms with E-state index in [0.29, 0.717) is 6.07 Å².